The molecule has 3 aliphatic rings. The Morgan fingerprint density at radius 2 is 1.71 bits per heavy atom. The van der Waals surface area contributed by atoms with Gasteiger partial charge in [0.2, 0.25) is 5.91 Å². The largest absolute Gasteiger partial charge is 0.354 e. The second-order valence-electron chi connectivity index (χ2n) is 8.44. The summed E-state index contributed by atoms with van der Waals surface area (Å²) in [5.41, 5.74) is 2.71. The van der Waals surface area contributed by atoms with Crippen molar-refractivity contribution in [2.24, 2.45) is 5.92 Å². The van der Waals surface area contributed by atoms with Gasteiger partial charge in [0, 0.05) is 51.1 Å². The van der Waals surface area contributed by atoms with Crippen LogP contribution in [-0.2, 0) is 14.3 Å². The molecule has 7 heteroatoms. The summed E-state index contributed by atoms with van der Waals surface area (Å²) in [5, 5.41) is 0. The molecule has 0 radical (unpaired) electrons. The van der Waals surface area contributed by atoms with Crippen LogP contribution in [0.4, 0.5) is 0 Å². The lowest BCUT2D eigenvalue weighted by Crippen LogP contribution is -2.48. The Morgan fingerprint density at radius 3 is 2.29 bits per heavy atom. The van der Waals surface area contributed by atoms with Gasteiger partial charge in [-0.2, -0.15) is 0 Å². The third-order valence-electron chi connectivity index (χ3n) is 6.42. The van der Waals surface area contributed by atoms with E-state index in [0.29, 0.717) is 44.3 Å². The van der Waals surface area contributed by atoms with E-state index in [1.54, 1.807) is 0 Å². The molecule has 0 aromatic carbocycles. The van der Waals surface area contributed by atoms with Crippen molar-refractivity contribution in [2.75, 3.05) is 39.4 Å². The number of ether oxygens (including phenoxy) is 2. The summed E-state index contributed by atoms with van der Waals surface area (Å²) in [4.78, 5) is 32.5. The number of likely N-dealkylation sites (tertiary alicyclic amines) is 2. The smallest absolute Gasteiger partial charge is 0.270 e. The number of hydrogen-bond acceptors (Lipinski definition) is 4. The lowest BCUT2D eigenvalue weighted by molar-refractivity contribution is -0.187. The molecule has 154 valence electrons. The van der Waals surface area contributed by atoms with Gasteiger partial charge >= 0.3 is 0 Å². The molecule has 1 spiro atoms. The van der Waals surface area contributed by atoms with Crippen molar-refractivity contribution in [3.63, 3.8) is 0 Å². The zero-order chi connectivity index (χ0) is 19.7. The number of carbonyl (C=O) groups is 2. The lowest BCUT2D eigenvalue weighted by Gasteiger charge is -2.38. The molecular weight excluding hydrogens is 358 g/mol. The highest BCUT2D eigenvalue weighted by Crippen LogP contribution is 2.32. The van der Waals surface area contributed by atoms with E-state index in [1.807, 2.05) is 29.7 Å². The van der Waals surface area contributed by atoms with Crippen LogP contribution in [0.25, 0.3) is 0 Å². The average Bonchev–Trinajstić information content (AvgIpc) is 3.28. The normalized spacial score (nSPS) is 22.8. The fourth-order valence-corrected chi connectivity index (χ4v) is 4.71. The van der Waals surface area contributed by atoms with Crippen LogP contribution in [0.5, 0.6) is 0 Å². The van der Waals surface area contributed by atoms with Crippen LogP contribution >= 0.6 is 0 Å². The van der Waals surface area contributed by atoms with Gasteiger partial charge in [-0.3, -0.25) is 9.59 Å². The van der Waals surface area contributed by atoms with Gasteiger partial charge in [0.1, 0.15) is 5.69 Å². The molecule has 0 bridgehead atoms. The molecule has 3 saturated heterocycles. The third kappa shape index (κ3) is 3.96. The Hall–Kier alpha value is -1.86. The van der Waals surface area contributed by atoms with Gasteiger partial charge in [-0.15, -0.1) is 0 Å². The zero-order valence-electron chi connectivity index (χ0n) is 17.0. The van der Waals surface area contributed by atoms with Gasteiger partial charge < -0.3 is 24.3 Å². The first-order valence-electron chi connectivity index (χ1n) is 10.5. The number of amides is 2. The fourth-order valence-electron chi connectivity index (χ4n) is 4.71. The summed E-state index contributed by atoms with van der Waals surface area (Å²) >= 11 is 0. The highest BCUT2D eigenvalue weighted by atomic mass is 16.7. The van der Waals surface area contributed by atoms with Crippen molar-refractivity contribution in [1.29, 1.82) is 0 Å². The maximum atomic E-state index is 12.7. The number of rotatable bonds is 3. The quantitative estimate of drug-likeness (QED) is 0.860. The van der Waals surface area contributed by atoms with Crippen LogP contribution in [0.15, 0.2) is 6.07 Å². The van der Waals surface area contributed by atoms with Crippen LogP contribution in [0.1, 0.15) is 53.8 Å². The summed E-state index contributed by atoms with van der Waals surface area (Å²) in [5.74, 6) is 0.233. The van der Waals surface area contributed by atoms with E-state index in [1.165, 1.54) is 0 Å². The maximum absolute atomic E-state index is 12.7. The topological polar surface area (TPSA) is 74.9 Å². The summed E-state index contributed by atoms with van der Waals surface area (Å²) in [6.07, 6.45) is 3.89. The molecule has 4 rings (SSSR count). The monoisotopic (exact) mass is 389 g/mol. The second kappa shape index (κ2) is 7.87. The second-order valence-corrected chi connectivity index (χ2v) is 8.44. The summed E-state index contributed by atoms with van der Waals surface area (Å²) in [6.45, 7) is 8.11. The molecule has 0 saturated carbocycles. The summed E-state index contributed by atoms with van der Waals surface area (Å²) < 4.78 is 11.5. The van der Waals surface area contributed by atoms with E-state index in [9.17, 15) is 9.59 Å². The van der Waals surface area contributed by atoms with Gasteiger partial charge in [-0.25, -0.2) is 0 Å². The van der Waals surface area contributed by atoms with Crippen molar-refractivity contribution in [2.45, 2.75) is 51.7 Å². The van der Waals surface area contributed by atoms with Crippen LogP contribution in [-0.4, -0.2) is 71.8 Å². The zero-order valence-corrected chi connectivity index (χ0v) is 17.0. The molecule has 1 aromatic heterocycles. The molecule has 1 N–H and O–H groups in total. The Morgan fingerprint density at radius 1 is 1.07 bits per heavy atom. The predicted octanol–water partition coefficient (Wildman–Crippen LogP) is 2.24. The minimum Gasteiger partial charge on any atom is -0.354 e. The number of nitrogens with zero attached hydrogens (tertiary/aromatic N) is 2. The van der Waals surface area contributed by atoms with Crippen LogP contribution < -0.4 is 0 Å². The molecule has 4 heterocycles. The standard InChI is InChI=1S/C21H31N3O4/c1-15-13-16(2)22-19(15)20(26)24-7-3-17(4-8-24)14-18(25)23-9-5-21(6-10-23)27-11-12-28-21/h13,17,22H,3-12,14H2,1-2H3. The SMILES string of the molecule is Cc1cc(C)c(C(=O)N2CCC(CC(=O)N3CCC4(CC3)OCCO4)CC2)[nH]1. The van der Waals surface area contributed by atoms with E-state index < -0.39 is 5.79 Å². The highest BCUT2D eigenvalue weighted by Gasteiger charge is 2.41. The minimum absolute atomic E-state index is 0.0771. The van der Waals surface area contributed by atoms with Crippen LogP contribution in [0.2, 0.25) is 0 Å². The number of H-pyrrole nitrogens is 1. The molecule has 0 atom stereocenters. The van der Waals surface area contributed by atoms with E-state index >= 15 is 0 Å². The minimum atomic E-state index is -0.434. The summed E-state index contributed by atoms with van der Waals surface area (Å²) in [6, 6.07) is 2.00. The average molecular weight is 389 g/mol. The van der Waals surface area contributed by atoms with E-state index in [-0.39, 0.29) is 11.8 Å². The number of aryl methyl sites for hydroxylation is 2. The fraction of sp³-hybridized carbons (Fsp3) is 0.714. The third-order valence-corrected chi connectivity index (χ3v) is 6.42. The molecular formula is C21H31N3O4. The Bertz CT molecular complexity index is 720. The molecule has 2 amide bonds. The van der Waals surface area contributed by atoms with Gasteiger partial charge in [0.05, 0.1) is 13.2 Å². The molecule has 1 aromatic rings. The van der Waals surface area contributed by atoms with Crippen molar-refractivity contribution in [3.8, 4) is 0 Å². The Balaban J connectivity index is 1.24. The molecule has 7 nitrogen and oxygen atoms in total. The molecule has 0 unspecified atom stereocenters. The van der Waals surface area contributed by atoms with Crippen molar-refractivity contribution < 1.29 is 19.1 Å². The Labute approximate surface area is 166 Å². The molecule has 3 fully saturated rings. The summed E-state index contributed by atoms with van der Waals surface area (Å²) in [7, 11) is 0. The molecule has 0 aliphatic carbocycles. The van der Waals surface area contributed by atoms with E-state index in [2.05, 4.69) is 4.98 Å². The van der Waals surface area contributed by atoms with Crippen molar-refractivity contribution >= 4 is 11.8 Å². The number of nitrogens with one attached hydrogen (secondary N) is 1. The number of aromatic amines is 1. The van der Waals surface area contributed by atoms with Gasteiger partial charge in [-0.05, 0) is 44.2 Å². The van der Waals surface area contributed by atoms with Gasteiger partial charge in [0.25, 0.3) is 5.91 Å². The highest BCUT2D eigenvalue weighted by molar-refractivity contribution is 5.94. The number of hydrogen-bond donors (Lipinski definition) is 1. The number of piperidine rings is 2. The molecule has 28 heavy (non-hydrogen) atoms. The predicted molar refractivity (Wildman–Crippen MR) is 104 cm³/mol. The Kier molecular flexibility index (Phi) is 5.47. The lowest BCUT2D eigenvalue weighted by atomic mass is 9.92. The van der Waals surface area contributed by atoms with Crippen LogP contribution in [0.3, 0.4) is 0 Å². The maximum Gasteiger partial charge on any atom is 0.270 e. The van der Waals surface area contributed by atoms with E-state index in [0.717, 1.165) is 50.0 Å². The van der Waals surface area contributed by atoms with E-state index in [4.69, 9.17) is 9.47 Å². The van der Waals surface area contributed by atoms with Crippen molar-refractivity contribution in [1.82, 2.24) is 14.8 Å². The van der Waals surface area contributed by atoms with Crippen LogP contribution in [0, 0.1) is 19.8 Å². The first kappa shape index (κ1) is 19.5. The number of carbonyl (C=O) groups excluding carboxylic acids is 2. The first-order valence-corrected chi connectivity index (χ1v) is 10.5. The van der Waals surface area contributed by atoms with Crippen molar-refractivity contribution in [3.05, 3.63) is 23.0 Å². The number of aromatic nitrogens is 1. The first-order chi connectivity index (χ1) is 13.5. The van der Waals surface area contributed by atoms with Gasteiger partial charge in [-0.1, -0.05) is 0 Å². The molecule has 3 aliphatic heterocycles. The van der Waals surface area contributed by atoms with Gasteiger partial charge in [0.15, 0.2) is 5.79 Å².